The standard InChI is InChI=1S/C27H40N8O9/c1-15(31-16(2)36)22(39)32-18(11-8-12-30-26(28)34-27(44)29-3)24(41)35(4)20(13-17-9-6-5-7-10-17)23(40)33-19(25(42)43)14-21(37)38/h5-7,9-10,15,18-20H,8,11-14H2,1-4H3,(H,31,36)(H,32,39)(H,33,40)(H,37,38)(H,42,43)(H4,28,29,30,34,44)/t15-,18+,19+,20+/m1/s1. The molecule has 0 fully saturated rings. The second-order valence-electron chi connectivity index (χ2n) is 9.75. The molecule has 0 bridgehead atoms. The fourth-order valence-corrected chi connectivity index (χ4v) is 3.92. The van der Waals surface area contributed by atoms with E-state index in [1.807, 2.05) is 0 Å². The van der Waals surface area contributed by atoms with E-state index >= 15 is 0 Å². The van der Waals surface area contributed by atoms with E-state index in [4.69, 9.17) is 10.8 Å². The topological polar surface area (TPSA) is 262 Å². The molecule has 242 valence electrons. The largest absolute Gasteiger partial charge is 0.481 e. The Morgan fingerprint density at radius 1 is 0.955 bits per heavy atom. The minimum absolute atomic E-state index is 0.00506. The maximum Gasteiger partial charge on any atom is 0.326 e. The molecule has 4 atom stereocenters. The zero-order valence-corrected chi connectivity index (χ0v) is 25.0. The van der Waals surface area contributed by atoms with Crippen LogP contribution in [-0.2, 0) is 35.2 Å². The van der Waals surface area contributed by atoms with Gasteiger partial charge in [0.1, 0.15) is 24.2 Å². The highest BCUT2D eigenvalue weighted by Gasteiger charge is 2.35. The molecule has 44 heavy (non-hydrogen) atoms. The summed E-state index contributed by atoms with van der Waals surface area (Å²) in [5.41, 5.74) is 6.27. The lowest BCUT2D eigenvalue weighted by atomic mass is 10.0. The van der Waals surface area contributed by atoms with Gasteiger partial charge in [0.25, 0.3) is 0 Å². The highest BCUT2D eigenvalue weighted by atomic mass is 16.4. The van der Waals surface area contributed by atoms with Crippen LogP contribution >= 0.6 is 0 Å². The van der Waals surface area contributed by atoms with Gasteiger partial charge in [-0.3, -0.25) is 34.3 Å². The molecule has 6 amide bonds. The average Bonchev–Trinajstić information content (AvgIpc) is 2.95. The summed E-state index contributed by atoms with van der Waals surface area (Å²) in [5, 5.41) is 30.3. The number of benzene rings is 1. The Labute approximate surface area is 254 Å². The molecule has 0 aliphatic carbocycles. The second kappa shape index (κ2) is 18.3. The van der Waals surface area contributed by atoms with E-state index in [1.54, 1.807) is 30.3 Å². The van der Waals surface area contributed by atoms with Gasteiger partial charge in [-0.25, -0.2) is 9.59 Å². The molecule has 0 aromatic heterocycles. The normalized spacial score (nSPS) is 13.7. The number of nitrogens with one attached hydrogen (secondary N) is 5. The summed E-state index contributed by atoms with van der Waals surface area (Å²) < 4.78 is 0. The van der Waals surface area contributed by atoms with Gasteiger partial charge in [0, 0.05) is 34.0 Å². The van der Waals surface area contributed by atoms with Crippen LogP contribution in [0.3, 0.4) is 0 Å². The van der Waals surface area contributed by atoms with E-state index in [9.17, 15) is 38.7 Å². The van der Waals surface area contributed by atoms with Crippen molar-refractivity contribution in [3.05, 3.63) is 35.9 Å². The van der Waals surface area contributed by atoms with E-state index in [2.05, 4.69) is 31.6 Å². The van der Waals surface area contributed by atoms with Crippen molar-refractivity contribution in [3.8, 4) is 0 Å². The molecule has 0 aliphatic rings. The fourth-order valence-electron chi connectivity index (χ4n) is 3.92. The first-order chi connectivity index (χ1) is 20.7. The lowest BCUT2D eigenvalue weighted by Gasteiger charge is -2.32. The molecule has 1 aromatic rings. The summed E-state index contributed by atoms with van der Waals surface area (Å²) in [6.45, 7) is 2.68. The smallest absolute Gasteiger partial charge is 0.326 e. The number of carbonyl (C=O) groups excluding carboxylic acids is 5. The number of hydrogen-bond acceptors (Lipinski definition) is 8. The molecule has 17 heteroatoms. The number of urea groups is 1. The van der Waals surface area contributed by atoms with Gasteiger partial charge in [-0.05, 0) is 25.3 Å². The molecule has 1 rings (SSSR count). The van der Waals surface area contributed by atoms with Crippen molar-refractivity contribution >= 4 is 47.6 Å². The molecule has 0 saturated carbocycles. The SMILES string of the molecule is CNC(=O)NC(N)=NCCC[C@H](NC(=O)[C@@H](C)NC(C)=O)C(=O)N(C)[C@@H](Cc1ccccc1)C(=O)N[C@@H](CC(=O)O)C(=O)O. The third-order valence-electron chi connectivity index (χ3n) is 6.21. The van der Waals surface area contributed by atoms with Crippen LogP contribution in [0.2, 0.25) is 0 Å². The predicted molar refractivity (Wildman–Crippen MR) is 157 cm³/mol. The molecule has 0 spiro atoms. The van der Waals surface area contributed by atoms with E-state index in [1.165, 1.54) is 27.9 Å². The lowest BCUT2D eigenvalue weighted by Crippen LogP contribution is -2.58. The zero-order chi connectivity index (χ0) is 33.4. The second-order valence-corrected chi connectivity index (χ2v) is 9.75. The number of guanidine groups is 1. The lowest BCUT2D eigenvalue weighted by molar-refractivity contribution is -0.148. The molecule has 0 heterocycles. The van der Waals surface area contributed by atoms with Crippen LogP contribution < -0.4 is 32.3 Å². The molecule has 0 unspecified atom stereocenters. The van der Waals surface area contributed by atoms with Crippen LogP contribution in [0.1, 0.15) is 38.7 Å². The van der Waals surface area contributed by atoms with Crippen molar-refractivity contribution in [1.29, 1.82) is 0 Å². The number of nitrogens with zero attached hydrogens (tertiary/aromatic N) is 2. The summed E-state index contributed by atoms with van der Waals surface area (Å²) in [5.74, 6) is -6.02. The number of nitrogens with two attached hydrogens (primary N) is 1. The van der Waals surface area contributed by atoms with Crippen LogP contribution in [0.4, 0.5) is 4.79 Å². The van der Waals surface area contributed by atoms with Crippen LogP contribution in [0.25, 0.3) is 0 Å². The van der Waals surface area contributed by atoms with E-state index in [-0.39, 0.29) is 31.8 Å². The molecular formula is C27H40N8O9. The van der Waals surface area contributed by atoms with Gasteiger partial charge in [-0.1, -0.05) is 30.3 Å². The fraction of sp³-hybridized carbons (Fsp3) is 0.481. The molecule has 1 aromatic carbocycles. The Kier molecular flexibility index (Phi) is 15.3. The number of aliphatic carboxylic acids is 2. The maximum absolute atomic E-state index is 13.8. The van der Waals surface area contributed by atoms with Crippen LogP contribution in [0.5, 0.6) is 0 Å². The monoisotopic (exact) mass is 620 g/mol. The zero-order valence-electron chi connectivity index (χ0n) is 25.0. The van der Waals surface area contributed by atoms with E-state index in [0.29, 0.717) is 5.56 Å². The van der Waals surface area contributed by atoms with Gasteiger partial charge in [-0.15, -0.1) is 0 Å². The van der Waals surface area contributed by atoms with E-state index < -0.39 is 72.2 Å². The van der Waals surface area contributed by atoms with Crippen molar-refractivity contribution in [1.82, 2.24) is 31.5 Å². The van der Waals surface area contributed by atoms with Crippen molar-refractivity contribution in [2.45, 2.75) is 63.7 Å². The first kappa shape index (κ1) is 36.8. The summed E-state index contributed by atoms with van der Waals surface area (Å²) >= 11 is 0. The maximum atomic E-state index is 13.8. The van der Waals surface area contributed by atoms with Crippen molar-refractivity contribution in [2.75, 3.05) is 20.6 Å². The first-order valence-corrected chi connectivity index (χ1v) is 13.6. The summed E-state index contributed by atoms with van der Waals surface area (Å²) in [6.07, 6.45) is -0.780. The molecule has 9 N–H and O–H groups in total. The number of carbonyl (C=O) groups is 7. The molecule has 0 saturated heterocycles. The molecular weight excluding hydrogens is 580 g/mol. The predicted octanol–water partition coefficient (Wildman–Crippen LogP) is -1.87. The third-order valence-corrected chi connectivity index (χ3v) is 6.21. The van der Waals surface area contributed by atoms with Crippen molar-refractivity contribution in [2.24, 2.45) is 10.7 Å². The Bertz CT molecular complexity index is 1220. The Hall–Kier alpha value is -5.22. The van der Waals surface area contributed by atoms with Crippen LogP contribution in [-0.4, -0.2) is 107 Å². The van der Waals surface area contributed by atoms with Crippen molar-refractivity contribution in [3.63, 3.8) is 0 Å². The number of aliphatic imine (C=N–C) groups is 1. The van der Waals surface area contributed by atoms with Crippen LogP contribution in [0.15, 0.2) is 35.3 Å². The highest BCUT2D eigenvalue weighted by molar-refractivity contribution is 5.96. The highest BCUT2D eigenvalue weighted by Crippen LogP contribution is 2.13. The van der Waals surface area contributed by atoms with Crippen molar-refractivity contribution < 1.29 is 43.8 Å². The number of likely N-dealkylation sites (N-methyl/N-ethyl adjacent to an activating group) is 1. The Balaban J connectivity index is 3.30. The number of carboxylic acid groups (broad SMARTS) is 2. The average molecular weight is 621 g/mol. The Morgan fingerprint density at radius 3 is 2.11 bits per heavy atom. The third kappa shape index (κ3) is 13.2. The molecule has 0 radical (unpaired) electrons. The van der Waals surface area contributed by atoms with Crippen LogP contribution in [0, 0.1) is 0 Å². The number of carboxylic acids is 2. The van der Waals surface area contributed by atoms with Gasteiger partial charge in [0.15, 0.2) is 5.96 Å². The first-order valence-electron chi connectivity index (χ1n) is 13.6. The minimum Gasteiger partial charge on any atom is -0.481 e. The van der Waals surface area contributed by atoms with Gasteiger partial charge in [0.05, 0.1) is 6.42 Å². The van der Waals surface area contributed by atoms with Gasteiger partial charge >= 0.3 is 18.0 Å². The summed E-state index contributed by atoms with van der Waals surface area (Å²) in [4.78, 5) is 90.6. The van der Waals surface area contributed by atoms with Gasteiger partial charge < -0.3 is 42.1 Å². The number of amides is 6. The van der Waals surface area contributed by atoms with Gasteiger partial charge in [-0.2, -0.15) is 0 Å². The summed E-state index contributed by atoms with van der Waals surface area (Å²) in [7, 11) is 2.68. The molecule has 0 aliphatic heterocycles. The minimum atomic E-state index is -1.76. The number of rotatable bonds is 16. The number of hydrogen-bond donors (Lipinski definition) is 8. The quantitative estimate of drug-likeness (QED) is 0.0580. The molecule has 17 nitrogen and oxygen atoms in total. The van der Waals surface area contributed by atoms with E-state index in [0.717, 1.165) is 4.90 Å². The summed E-state index contributed by atoms with van der Waals surface area (Å²) in [6, 6.07) is 2.63. The Morgan fingerprint density at radius 2 is 1.57 bits per heavy atom. The van der Waals surface area contributed by atoms with Gasteiger partial charge in [0.2, 0.25) is 23.6 Å².